The third kappa shape index (κ3) is 31.1. The first-order chi connectivity index (χ1) is 23.5. The van der Waals surface area contributed by atoms with Crippen LogP contribution in [-0.2, 0) is 4.79 Å². The van der Waals surface area contributed by atoms with Crippen molar-refractivity contribution in [2.45, 2.75) is 244 Å². The number of carbonyl (C=O) groups is 1. The largest absolute Gasteiger partial charge is 0.394 e. The molecule has 0 aromatic rings. The lowest BCUT2D eigenvalue weighted by Crippen LogP contribution is -2.53. The van der Waals surface area contributed by atoms with Gasteiger partial charge < -0.3 is 25.7 Å². The van der Waals surface area contributed by atoms with E-state index in [-0.39, 0.29) is 0 Å². The highest BCUT2D eigenvalue weighted by molar-refractivity contribution is 5.80. The molecule has 0 spiro atoms. The quantitative estimate of drug-likeness (QED) is 0.0329. The molecule has 1 amide bonds. The number of hydrogen-bond donors (Lipinski definition) is 5. The van der Waals surface area contributed by atoms with E-state index in [1.165, 1.54) is 148 Å². The van der Waals surface area contributed by atoms with Gasteiger partial charge in [-0.3, -0.25) is 4.79 Å². The number of aliphatic hydroxyl groups excluding tert-OH is 4. The minimum absolute atomic E-state index is 0.364. The van der Waals surface area contributed by atoms with Gasteiger partial charge in [-0.25, -0.2) is 0 Å². The zero-order valence-corrected chi connectivity index (χ0v) is 32.0. The third-order valence-electron chi connectivity index (χ3n) is 9.98. The van der Waals surface area contributed by atoms with Gasteiger partial charge in [0, 0.05) is 0 Å². The first-order valence-electron chi connectivity index (χ1n) is 21.1. The summed E-state index contributed by atoms with van der Waals surface area (Å²) in [5.41, 5.74) is 0. The predicted molar refractivity (Wildman–Crippen MR) is 205 cm³/mol. The highest BCUT2D eigenvalue weighted by Crippen LogP contribution is 2.16. The molecule has 0 aromatic heterocycles. The van der Waals surface area contributed by atoms with Gasteiger partial charge in [0.25, 0.3) is 0 Å². The fourth-order valence-corrected chi connectivity index (χ4v) is 6.57. The Kier molecular flexibility index (Phi) is 36.6. The maximum atomic E-state index is 12.5. The summed E-state index contributed by atoms with van der Waals surface area (Å²) in [7, 11) is 0. The second-order valence-corrected chi connectivity index (χ2v) is 14.7. The molecule has 0 aliphatic rings. The van der Waals surface area contributed by atoms with E-state index in [0.717, 1.165) is 44.9 Å². The van der Waals surface area contributed by atoms with Crippen molar-refractivity contribution in [1.82, 2.24) is 5.32 Å². The topological polar surface area (TPSA) is 110 Å². The molecule has 0 saturated heterocycles. The van der Waals surface area contributed by atoms with Crippen molar-refractivity contribution < 1.29 is 25.2 Å². The molecule has 48 heavy (non-hydrogen) atoms. The summed E-state index contributed by atoms with van der Waals surface area (Å²) >= 11 is 0. The van der Waals surface area contributed by atoms with Crippen LogP contribution in [-0.4, -0.2) is 57.3 Å². The van der Waals surface area contributed by atoms with Gasteiger partial charge in [-0.2, -0.15) is 0 Å². The molecule has 4 atom stereocenters. The summed E-state index contributed by atoms with van der Waals surface area (Å²) < 4.78 is 0. The number of carbonyl (C=O) groups excluding carboxylic acids is 1. The van der Waals surface area contributed by atoms with E-state index in [4.69, 9.17) is 0 Å². The van der Waals surface area contributed by atoms with Crippen LogP contribution < -0.4 is 5.32 Å². The highest BCUT2D eigenvalue weighted by atomic mass is 16.3. The first kappa shape index (κ1) is 47.0. The molecule has 0 fully saturated rings. The normalized spacial score (nSPS) is 14.4. The summed E-state index contributed by atoms with van der Waals surface area (Å²) in [6, 6.07) is -0.983. The van der Waals surface area contributed by atoms with Crippen LogP contribution in [0.4, 0.5) is 0 Å². The molecule has 0 bridgehead atoms. The number of aliphatic hydroxyl groups is 4. The van der Waals surface area contributed by atoms with Crippen molar-refractivity contribution in [3.63, 3.8) is 0 Å². The van der Waals surface area contributed by atoms with Gasteiger partial charge in [-0.05, 0) is 38.5 Å². The minimum Gasteiger partial charge on any atom is -0.394 e. The number of nitrogens with one attached hydrogen (secondary N) is 1. The average Bonchev–Trinajstić information content (AvgIpc) is 3.09. The smallest absolute Gasteiger partial charge is 0.249 e. The number of hydrogen-bond acceptors (Lipinski definition) is 5. The standard InChI is InChI=1S/C42H83NO5/c1-3-5-7-9-11-13-15-17-18-19-20-21-22-24-26-28-30-32-34-36-40(46)42(48)43-38(37-44)41(47)39(45)35-33-31-29-27-25-23-16-14-12-10-8-6-4-2/h20-21,38-41,44-47H,3-19,22-37H2,1-2H3,(H,43,48)/b21-20-. The van der Waals surface area contributed by atoms with Crippen LogP contribution in [0.5, 0.6) is 0 Å². The van der Waals surface area contributed by atoms with Crippen molar-refractivity contribution in [3.8, 4) is 0 Å². The molecular formula is C42H83NO5. The number of unbranched alkanes of at least 4 members (excludes halogenated alkanes) is 27. The lowest BCUT2D eigenvalue weighted by Gasteiger charge is -2.27. The molecule has 0 rings (SSSR count). The Bertz CT molecular complexity index is 687. The number of rotatable bonds is 38. The van der Waals surface area contributed by atoms with Crippen molar-refractivity contribution in [2.24, 2.45) is 0 Å². The van der Waals surface area contributed by atoms with E-state index in [1.54, 1.807) is 0 Å². The second kappa shape index (κ2) is 37.3. The van der Waals surface area contributed by atoms with E-state index in [9.17, 15) is 25.2 Å². The zero-order valence-electron chi connectivity index (χ0n) is 32.0. The van der Waals surface area contributed by atoms with Crippen molar-refractivity contribution in [1.29, 1.82) is 0 Å². The molecule has 4 unspecified atom stereocenters. The van der Waals surface area contributed by atoms with E-state index in [2.05, 4.69) is 31.3 Å². The van der Waals surface area contributed by atoms with Gasteiger partial charge in [0.1, 0.15) is 12.2 Å². The van der Waals surface area contributed by atoms with Gasteiger partial charge in [-0.15, -0.1) is 0 Å². The Morgan fingerprint density at radius 1 is 0.500 bits per heavy atom. The Labute approximate surface area is 298 Å². The molecule has 0 aromatic carbocycles. The predicted octanol–water partition coefficient (Wildman–Crippen LogP) is 10.6. The lowest BCUT2D eigenvalue weighted by atomic mass is 9.99. The van der Waals surface area contributed by atoms with Crippen LogP contribution in [0.2, 0.25) is 0 Å². The van der Waals surface area contributed by atoms with Crippen LogP contribution in [0.1, 0.15) is 219 Å². The van der Waals surface area contributed by atoms with Crippen LogP contribution in [0.25, 0.3) is 0 Å². The Balaban J connectivity index is 3.75. The molecule has 0 aliphatic carbocycles. The molecule has 0 radical (unpaired) electrons. The third-order valence-corrected chi connectivity index (χ3v) is 9.98. The van der Waals surface area contributed by atoms with Gasteiger partial charge in [-0.1, -0.05) is 193 Å². The SMILES string of the molecule is CCCCCCCCCCC/C=C\CCCCCCCCC(O)C(=O)NC(CO)C(O)C(O)CCCCCCCCCCCCCCC. The summed E-state index contributed by atoms with van der Waals surface area (Å²) in [5.74, 6) is -0.588. The van der Waals surface area contributed by atoms with Crippen LogP contribution in [0.15, 0.2) is 12.2 Å². The fraction of sp³-hybridized carbons (Fsp3) is 0.929. The summed E-state index contributed by atoms with van der Waals surface area (Å²) in [6.45, 7) is 4.04. The van der Waals surface area contributed by atoms with Crippen LogP contribution in [0, 0.1) is 0 Å². The second-order valence-electron chi connectivity index (χ2n) is 14.7. The molecular weight excluding hydrogens is 598 g/mol. The van der Waals surface area contributed by atoms with Gasteiger partial charge in [0.2, 0.25) is 5.91 Å². The molecule has 286 valence electrons. The first-order valence-corrected chi connectivity index (χ1v) is 21.1. The van der Waals surface area contributed by atoms with Crippen LogP contribution in [0.3, 0.4) is 0 Å². The Morgan fingerprint density at radius 3 is 1.21 bits per heavy atom. The van der Waals surface area contributed by atoms with Gasteiger partial charge in [0.05, 0.1) is 18.8 Å². The maximum absolute atomic E-state index is 12.5. The summed E-state index contributed by atoms with van der Waals surface area (Å²) in [6.07, 6.45) is 39.5. The van der Waals surface area contributed by atoms with E-state index < -0.39 is 36.9 Å². The van der Waals surface area contributed by atoms with Gasteiger partial charge in [0.15, 0.2) is 0 Å². The molecule has 0 aliphatic heterocycles. The maximum Gasteiger partial charge on any atom is 0.249 e. The zero-order chi connectivity index (χ0) is 35.3. The van der Waals surface area contributed by atoms with Crippen molar-refractivity contribution >= 4 is 5.91 Å². The van der Waals surface area contributed by atoms with Crippen molar-refractivity contribution in [2.75, 3.05) is 6.61 Å². The van der Waals surface area contributed by atoms with Gasteiger partial charge >= 0.3 is 0 Å². The molecule has 5 N–H and O–H groups in total. The Morgan fingerprint density at radius 2 is 0.833 bits per heavy atom. The molecule has 0 saturated carbocycles. The lowest BCUT2D eigenvalue weighted by molar-refractivity contribution is -0.132. The number of amides is 1. The highest BCUT2D eigenvalue weighted by Gasteiger charge is 2.28. The number of allylic oxidation sites excluding steroid dienone is 2. The fourth-order valence-electron chi connectivity index (χ4n) is 6.57. The van der Waals surface area contributed by atoms with Crippen LogP contribution >= 0.6 is 0 Å². The average molecular weight is 682 g/mol. The minimum atomic E-state index is -1.26. The molecule has 6 heteroatoms. The molecule has 0 heterocycles. The van der Waals surface area contributed by atoms with E-state index >= 15 is 0 Å². The monoisotopic (exact) mass is 682 g/mol. The molecule has 6 nitrogen and oxygen atoms in total. The summed E-state index contributed by atoms with van der Waals surface area (Å²) in [4.78, 5) is 12.5. The van der Waals surface area contributed by atoms with Crippen molar-refractivity contribution in [3.05, 3.63) is 12.2 Å². The summed E-state index contributed by atoms with van der Waals surface area (Å²) in [5, 5.41) is 43.6. The Hall–Kier alpha value is -0.950. The van der Waals surface area contributed by atoms with E-state index in [0.29, 0.717) is 12.8 Å². The van der Waals surface area contributed by atoms with E-state index in [1.807, 2.05) is 0 Å².